The van der Waals surface area contributed by atoms with Crippen LogP contribution < -0.4 is 0 Å². The topological polar surface area (TPSA) is 42.9 Å². The average Bonchev–Trinajstić information content (AvgIpc) is 2.30. The highest BCUT2D eigenvalue weighted by atomic mass is 79.9. The van der Waals surface area contributed by atoms with E-state index in [4.69, 9.17) is 0 Å². The van der Waals surface area contributed by atoms with Gasteiger partial charge in [-0.15, -0.1) is 0 Å². The smallest absolute Gasteiger partial charge is 0.170 e. The zero-order valence-corrected chi connectivity index (χ0v) is 10.0. The van der Waals surface area contributed by atoms with Crippen LogP contribution in [0.15, 0.2) is 47.5 Å². The molecule has 0 aliphatic carbocycles. The van der Waals surface area contributed by atoms with Crippen molar-refractivity contribution in [3.8, 4) is 0 Å². The summed E-state index contributed by atoms with van der Waals surface area (Å²) in [6.07, 6.45) is 4.85. The molecule has 2 rings (SSSR count). The molecular formula is C12H9BrN2O. The number of carbonyl (C=O) groups is 1. The van der Waals surface area contributed by atoms with Crippen molar-refractivity contribution in [1.82, 2.24) is 9.97 Å². The van der Waals surface area contributed by atoms with Gasteiger partial charge in [0.05, 0.1) is 5.56 Å². The van der Waals surface area contributed by atoms with Gasteiger partial charge in [0, 0.05) is 23.3 Å². The number of hydrogen-bond donors (Lipinski definition) is 0. The van der Waals surface area contributed by atoms with Crippen LogP contribution in [0.25, 0.3) is 0 Å². The normalized spacial score (nSPS) is 10.1. The monoisotopic (exact) mass is 276 g/mol. The van der Waals surface area contributed by atoms with Gasteiger partial charge in [-0.25, -0.2) is 9.97 Å². The maximum atomic E-state index is 11.8. The first-order chi connectivity index (χ1) is 7.75. The first-order valence-corrected chi connectivity index (χ1v) is 5.57. The third kappa shape index (κ3) is 2.73. The van der Waals surface area contributed by atoms with E-state index in [1.807, 2.05) is 24.3 Å². The highest BCUT2D eigenvalue weighted by molar-refractivity contribution is 9.10. The molecule has 0 aliphatic rings. The van der Waals surface area contributed by atoms with Gasteiger partial charge in [0.1, 0.15) is 6.33 Å². The molecule has 2 aromatic rings. The summed E-state index contributed by atoms with van der Waals surface area (Å²) >= 11 is 3.37. The first kappa shape index (κ1) is 11.0. The molecule has 0 amide bonds. The van der Waals surface area contributed by atoms with E-state index in [1.54, 1.807) is 0 Å². The fourth-order valence-electron chi connectivity index (χ4n) is 1.38. The van der Waals surface area contributed by atoms with E-state index in [1.165, 1.54) is 18.7 Å². The number of aromatic nitrogens is 2. The molecule has 0 saturated carbocycles. The third-order valence-electron chi connectivity index (χ3n) is 2.14. The Morgan fingerprint density at radius 1 is 1.25 bits per heavy atom. The van der Waals surface area contributed by atoms with E-state index in [0.717, 1.165) is 10.0 Å². The minimum atomic E-state index is 0.0266. The molecule has 1 aromatic heterocycles. The Morgan fingerprint density at radius 2 is 2.00 bits per heavy atom. The number of hydrogen-bond acceptors (Lipinski definition) is 3. The van der Waals surface area contributed by atoms with Crippen LogP contribution in [0.1, 0.15) is 15.9 Å². The quantitative estimate of drug-likeness (QED) is 0.810. The summed E-state index contributed by atoms with van der Waals surface area (Å²) in [6, 6.07) is 7.70. The lowest BCUT2D eigenvalue weighted by molar-refractivity contribution is 0.0992. The van der Waals surface area contributed by atoms with E-state index in [-0.39, 0.29) is 5.78 Å². The SMILES string of the molecule is O=C(Cc1cccc(Br)c1)c1cncnc1. The molecule has 0 N–H and O–H groups in total. The Morgan fingerprint density at radius 3 is 2.69 bits per heavy atom. The van der Waals surface area contributed by atoms with Crippen LogP contribution >= 0.6 is 15.9 Å². The fraction of sp³-hybridized carbons (Fsp3) is 0.0833. The molecule has 0 atom stereocenters. The maximum Gasteiger partial charge on any atom is 0.170 e. The van der Waals surface area contributed by atoms with Crippen molar-refractivity contribution in [2.24, 2.45) is 0 Å². The molecule has 0 unspecified atom stereocenters. The second kappa shape index (κ2) is 4.99. The third-order valence-corrected chi connectivity index (χ3v) is 2.63. The Balaban J connectivity index is 2.14. The zero-order chi connectivity index (χ0) is 11.4. The van der Waals surface area contributed by atoms with Crippen molar-refractivity contribution < 1.29 is 4.79 Å². The summed E-state index contributed by atoms with van der Waals surface area (Å²) in [5.74, 6) is 0.0266. The number of carbonyl (C=O) groups excluding carboxylic acids is 1. The zero-order valence-electron chi connectivity index (χ0n) is 8.43. The molecule has 16 heavy (non-hydrogen) atoms. The Kier molecular flexibility index (Phi) is 3.41. The molecule has 80 valence electrons. The predicted octanol–water partition coefficient (Wildman–Crippen LogP) is 2.66. The van der Waals surface area contributed by atoms with Crippen LogP contribution in [0.4, 0.5) is 0 Å². The van der Waals surface area contributed by atoms with Gasteiger partial charge in [0.15, 0.2) is 5.78 Å². The molecule has 0 bridgehead atoms. The molecule has 0 aliphatic heterocycles. The van der Waals surface area contributed by atoms with Crippen molar-refractivity contribution in [2.45, 2.75) is 6.42 Å². The summed E-state index contributed by atoms with van der Waals surface area (Å²) < 4.78 is 0.974. The van der Waals surface area contributed by atoms with Crippen molar-refractivity contribution in [1.29, 1.82) is 0 Å². The van der Waals surface area contributed by atoms with Gasteiger partial charge in [-0.05, 0) is 17.7 Å². The summed E-state index contributed by atoms with van der Waals surface area (Å²) in [6.45, 7) is 0. The second-order valence-electron chi connectivity index (χ2n) is 3.36. The van der Waals surface area contributed by atoms with Crippen molar-refractivity contribution in [3.05, 3.63) is 58.6 Å². The summed E-state index contributed by atoms with van der Waals surface area (Å²) in [5, 5.41) is 0. The van der Waals surface area contributed by atoms with Gasteiger partial charge >= 0.3 is 0 Å². The van der Waals surface area contributed by atoms with Crippen LogP contribution in [0.3, 0.4) is 0 Å². The minimum absolute atomic E-state index is 0.0266. The summed E-state index contributed by atoms with van der Waals surface area (Å²) in [4.78, 5) is 19.5. The lowest BCUT2D eigenvalue weighted by atomic mass is 10.1. The molecule has 3 nitrogen and oxygen atoms in total. The highest BCUT2D eigenvalue weighted by Gasteiger charge is 2.07. The Labute approximate surface area is 102 Å². The largest absolute Gasteiger partial charge is 0.294 e. The number of nitrogens with zero attached hydrogens (tertiary/aromatic N) is 2. The average molecular weight is 277 g/mol. The van der Waals surface area contributed by atoms with Gasteiger partial charge in [-0.3, -0.25) is 4.79 Å². The van der Waals surface area contributed by atoms with Crippen molar-refractivity contribution >= 4 is 21.7 Å². The van der Waals surface area contributed by atoms with Gasteiger partial charge in [0.2, 0.25) is 0 Å². The molecule has 0 spiro atoms. The Hall–Kier alpha value is -1.55. The van der Waals surface area contributed by atoms with E-state index >= 15 is 0 Å². The maximum absolute atomic E-state index is 11.8. The molecule has 0 fully saturated rings. The number of halogens is 1. The standard InChI is InChI=1S/C12H9BrN2O/c13-11-3-1-2-9(4-11)5-12(16)10-6-14-8-15-7-10/h1-4,6-8H,5H2. The van der Waals surface area contributed by atoms with Gasteiger partial charge in [0.25, 0.3) is 0 Å². The summed E-state index contributed by atoms with van der Waals surface area (Å²) in [7, 11) is 0. The summed E-state index contributed by atoms with van der Waals surface area (Å²) in [5.41, 5.74) is 1.52. The minimum Gasteiger partial charge on any atom is -0.294 e. The molecule has 0 saturated heterocycles. The van der Waals surface area contributed by atoms with E-state index in [2.05, 4.69) is 25.9 Å². The van der Waals surface area contributed by atoms with E-state index in [0.29, 0.717) is 12.0 Å². The lowest BCUT2D eigenvalue weighted by Crippen LogP contribution is -2.04. The second-order valence-corrected chi connectivity index (χ2v) is 4.27. The number of Topliss-reactive ketones (excluding diaryl/α,β-unsaturated/α-hetero) is 1. The number of rotatable bonds is 3. The van der Waals surface area contributed by atoms with Crippen LogP contribution in [0, 0.1) is 0 Å². The molecule has 4 heteroatoms. The van der Waals surface area contributed by atoms with Crippen LogP contribution in [-0.4, -0.2) is 15.8 Å². The first-order valence-electron chi connectivity index (χ1n) is 4.78. The van der Waals surface area contributed by atoms with Gasteiger partial charge in [-0.2, -0.15) is 0 Å². The predicted molar refractivity (Wildman–Crippen MR) is 64.2 cm³/mol. The lowest BCUT2D eigenvalue weighted by Gasteiger charge is -2.01. The van der Waals surface area contributed by atoms with E-state index < -0.39 is 0 Å². The van der Waals surface area contributed by atoms with Crippen molar-refractivity contribution in [2.75, 3.05) is 0 Å². The molecule has 1 heterocycles. The van der Waals surface area contributed by atoms with Gasteiger partial charge in [-0.1, -0.05) is 28.1 Å². The van der Waals surface area contributed by atoms with Gasteiger partial charge < -0.3 is 0 Å². The highest BCUT2D eigenvalue weighted by Crippen LogP contribution is 2.13. The fourth-order valence-corrected chi connectivity index (χ4v) is 1.82. The van der Waals surface area contributed by atoms with Crippen LogP contribution in [-0.2, 0) is 6.42 Å². The number of ketones is 1. The molecule has 1 aromatic carbocycles. The molecule has 0 radical (unpaired) electrons. The molecular weight excluding hydrogens is 268 g/mol. The number of benzene rings is 1. The Bertz CT molecular complexity index is 499. The van der Waals surface area contributed by atoms with E-state index in [9.17, 15) is 4.79 Å². The van der Waals surface area contributed by atoms with Crippen LogP contribution in [0.2, 0.25) is 0 Å². The van der Waals surface area contributed by atoms with Crippen molar-refractivity contribution in [3.63, 3.8) is 0 Å². The van der Waals surface area contributed by atoms with Crippen LogP contribution in [0.5, 0.6) is 0 Å².